The zero-order valence-corrected chi connectivity index (χ0v) is 15.8. The maximum Gasteiger partial charge on any atom is 0.411 e. The summed E-state index contributed by atoms with van der Waals surface area (Å²) in [6, 6.07) is 6.69. The highest BCUT2D eigenvalue weighted by Gasteiger charge is 2.43. The van der Waals surface area contributed by atoms with E-state index in [0.29, 0.717) is 17.8 Å². The van der Waals surface area contributed by atoms with Crippen molar-refractivity contribution in [3.63, 3.8) is 0 Å². The van der Waals surface area contributed by atoms with Crippen LogP contribution < -0.4 is 4.74 Å². The van der Waals surface area contributed by atoms with Crippen molar-refractivity contribution in [1.82, 2.24) is 14.9 Å². The lowest BCUT2D eigenvalue weighted by atomic mass is 10.2. The first-order valence-electron chi connectivity index (χ1n) is 8.73. The van der Waals surface area contributed by atoms with E-state index in [1.165, 1.54) is 18.2 Å². The summed E-state index contributed by atoms with van der Waals surface area (Å²) in [5.41, 5.74) is 0.807. The average molecular weight is 373 g/mol. The van der Waals surface area contributed by atoms with Gasteiger partial charge in [-0.15, -0.1) is 0 Å². The third kappa shape index (κ3) is 4.45. The summed E-state index contributed by atoms with van der Waals surface area (Å²) >= 11 is 0. The van der Waals surface area contributed by atoms with Gasteiger partial charge in [0.25, 0.3) is 0 Å². The van der Waals surface area contributed by atoms with E-state index in [1.807, 2.05) is 24.3 Å². The second kappa shape index (κ2) is 7.38. The number of hydrogen-bond acceptors (Lipinski definition) is 7. The number of esters is 1. The number of carbonyl (C=O) groups is 2. The van der Waals surface area contributed by atoms with E-state index in [2.05, 4.69) is 9.97 Å². The third-order valence-electron chi connectivity index (χ3n) is 4.08. The minimum absolute atomic E-state index is 0.198. The zero-order chi connectivity index (χ0) is 19.6. The molecule has 0 spiro atoms. The van der Waals surface area contributed by atoms with Crippen LogP contribution in [0.15, 0.2) is 30.5 Å². The minimum atomic E-state index is -0.761. The number of benzene rings is 1. The number of para-hydroxylation sites is 2. The first-order valence-corrected chi connectivity index (χ1v) is 8.73. The van der Waals surface area contributed by atoms with Crippen LogP contribution in [0.1, 0.15) is 27.2 Å². The van der Waals surface area contributed by atoms with Crippen LogP contribution in [0.5, 0.6) is 5.88 Å². The van der Waals surface area contributed by atoms with Gasteiger partial charge in [-0.2, -0.15) is 0 Å². The van der Waals surface area contributed by atoms with Gasteiger partial charge in [-0.05, 0) is 32.9 Å². The summed E-state index contributed by atoms with van der Waals surface area (Å²) in [5.74, 6) is -0.162. The number of fused-ring (bicyclic) bond motifs is 1. The molecule has 1 aliphatic heterocycles. The van der Waals surface area contributed by atoms with Crippen LogP contribution in [0.25, 0.3) is 11.0 Å². The molecule has 0 radical (unpaired) electrons. The second-order valence-corrected chi connectivity index (χ2v) is 7.34. The smallest absolute Gasteiger partial charge is 0.411 e. The zero-order valence-electron chi connectivity index (χ0n) is 15.8. The van der Waals surface area contributed by atoms with Crippen molar-refractivity contribution in [2.45, 2.75) is 44.9 Å². The minimum Gasteiger partial charge on any atom is -0.471 e. The summed E-state index contributed by atoms with van der Waals surface area (Å²) in [6.45, 7) is 5.51. The van der Waals surface area contributed by atoms with Gasteiger partial charge in [0.15, 0.2) is 0 Å². The summed E-state index contributed by atoms with van der Waals surface area (Å²) in [4.78, 5) is 34.7. The van der Waals surface area contributed by atoms with E-state index in [0.717, 1.165) is 5.52 Å². The number of methoxy groups -OCH3 is 1. The standard InChI is InChI=1S/C19H23N3O5/c1-19(2,3)27-18(24)22-11-12(9-15(22)17(23)25-4)26-16-10-20-13-7-5-6-8-14(13)21-16/h5-8,10,12,15H,9,11H2,1-4H3. The molecule has 144 valence electrons. The molecule has 0 N–H and O–H groups in total. The van der Waals surface area contributed by atoms with E-state index in [4.69, 9.17) is 14.2 Å². The van der Waals surface area contributed by atoms with Gasteiger partial charge in [0.2, 0.25) is 5.88 Å². The van der Waals surface area contributed by atoms with Gasteiger partial charge in [0.05, 0.1) is 30.9 Å². The number of likely N-dealkylation sites (tertiary alicyclic amines) is 1. The topological polar surface area (TPSA) is 90.9 Å². The van der Waals surface area contributed by atoms with Gasteiger partial charge in [0, 0.05) is 6.42 Å². The van der Waals surface area contributed by atoms with E-state index in [1.54, 1.807) is 20.8 Å². The molecule has 2 aromatic rings. The van der Waals surface area contributed by atoms with E-state index < -0.39 is 29.8 Å². The molecule has 3 rings (SSSR count). The number of ether oxygens (including phenoxy) is 3. The fourth-order valence-electron chi connectivity index (χ4n) is 2.93. The van der Waals surface area contributed by atoms with Crippen molar-refractivity contribution >= 4 is 23.1 Å². The van der Waals surface area contributed by atoms with Gasteiger partial charge in [0.1, 0.15) is 17.7 Å². The molecular weight excluding hydrogens is 350 g/mol. The molecule has 1 aromatic heterocycles. The molecule has 8 heteroatoms. The maximum absolute atomic E-state index is 12.5. The molecule has 8 nitrogen and oxygen atoms in total. The van der Waals surface area contributed by atoms with E-state index in [9.17, 15) is 9.59 Å². The van der Waals surface area contributed by atoms with Gasteiger partial charge < -0.3 is 14.2 Å². The van der Waals surface area contributed by atoms with Crippen LogP contribution in [0, 0.1) is 0 Å². The average Bonchev–Trinajstić information content (AvgIpc) is 3.03. The molecule has 0 bridgehead atoms. The molecule has 1 aliphatic rings. The first-order chi connectivity index (χ1) is 12.8. The van der Waals surface area contributed by atoms with Crippen molar-refractivity contribution in [3.8, 4) is 5.88 Å². The molecule has 0 aliphatic carbocycles. The van der Waals surface area contributed by atoms with Crippen LogP contribution in [0.3, 0.4) is 0 Å². The molecule has 1 fully saturated rings. The normalized spacial score (nSPS) is 19.8. The Bertz CT molecular complexity index is 849. The highest BCUT2D eigenvalue weighted by molar-refractivity contribution is 5.82. The largest absolute Gasteiger partial charge is 0.471 e. The molecular formula is C19H23N3O5. The molecule has 1 aromatic carbocycles. The Morgan fingerprint density at radius 2 is 1.89 bits per heavy atom. The van der Waals surface area contributed by atoms with E-state index >= 15 is 0 Å². The number of rotatable bonds is 3. The highest BCUT2D eigenvalue weighted by atomic mass is 16.6. The fourth-order valence-corrected chi connectivity index (χ4v) is 2.93. The maximum atomic E-state index is 12.5. The molecule has 2 atom stereocenters. The molecule has 0 saturated carbocycles. The third-order valence-corrected chi connectivity index (χ3v) is 4.08. The Balaban J connectivity index is 1.76. The first kappa shape index (κ1) is 18.9. The van der Waals surface area contributed by atoms with Crippen molar-refractivity contribution in [2.75, 3.05) is 13.7 Å². The SMILES string of the molecule is COC(=O)C1CC(Oc2cnc3ccccc3n2)CN1C(=O)OC(C)(C)C. The number of carbonyl (C=O) groups excluding carboxylic acids is 2. The second-order valence-electron chi connectivity index (χ2n) is 7.34. The van der Waals surface area contributed by atoms with Crippen LogP contribution in [0.2, 0.25) is 0 Å². The van der Waals surface area contributed by atoms with Gasteiger partial charge in [-0.1, -0.05) is 12.1 Å². The quantitative estimate of drug-likeness (QED) is 0.764. The van der Waals surface area contributed by atoms with Gasteiger partial charge >= 0.3 is 12.1 Å². The molecule has 2 heterocycles. The Morgan fingerprint density at radius 1 is 1.19 bits per heavy atom. The Morgan fingerprint density at radius 3 is 2.56 bits per heavy atom. The van der Waals surface area contributed by atoms with Gasteiger partial charge in [-0.3, -0.25) is 4.90 Å². The predicted molar refractivity (Wildman–Crippen MR) is 97.3 cm³/mol. The van der Waals surface area contributed by atoms with Crippen molar-refractivity contribution in [2.24, 2.45) is 0 Å². The Labute approximate surface area is 157 Å². The van der Waals surface area contributed by atoms with Crippen LogP contribution >= 0.6 is 0 Å². The molecule has 1 amide bonds. The summed E-state index contributed by atoms with van der Waals surface area (Å²) in [6.07, 6.45) is 0.831. The fraction of sp³-hybridized carbons (Fsp3) is 0.474. The van der Waals surface area contributed by atoms with Gasteiger partial charge in [-0.25, -0.2) is 19.6 Å². The Kier molecular flexibility index (Phi) is 5.16. The highest BCUT2D eigenvalue weighted by Crippen LogP contribution is 2.25. The molecule has 27 heavy (non-hydrogen) atoms. The van der Waals surface area contributed by atoms with Crippen LogP contribution in [-0.4, -0.2) is 58.3 Å². The predicted octanol–water partition coefficient (Wildman–Crippen LogP) is 2.56. The lowest BCUT2D eigenvalue weighted by Crippen LogP contribution is -2.44. The number of nitrogens with zero attached hydrogens (tertiary/aromatic N) is 3. The number of aromatic nitrogens is 2. The summed E-state index contributed by atoms with van der Waals surface area (Å²) in [7, 11) is 1.29. The summed E-state index contributed by atoms with van der Waals surface area (Å²) in [5, 5.41) is 0. The number of amides is 1. The Hall–Kier alpha value is -2.90. The molecule has 2 unspecified atom stereocenters. The molecule has 1 saturated heterocycles. The monoisotopic (exact) mass is 373 g/mol. The van der Waals surface area contributed by atoms with Crippen LogP contribution in [0.4, 0.5) is 4.79 Å². The number of hydrogen-bond donors (Lipinski definition) is 0. The lowest BCUT2D eigenvalue weighted by Gasteiger charge is -2.27. The van der Waals surface area contributed by atoms with Crippen molar-refractivity contribution in [3.05, 3.63) is 30.5 Å². The lowest BCUT2D eigenvalue weighted by molar-refractivity contribution is -0.145. The van der Waals surface area contributed by atoms with E-state index in [-0.39, 0.29) is 6.54 Å². The van der Waals surface area contributed by atoms with Crippen molar-refractivity contribution < 1.29 is 23.8 Å². The van der Waals surface area contributed by atoms with Crippen molar-refractivity contribution in [1.29, 1.82) is 0 Å². The summed E-state index contributed by atoms with van der Waals surface area (Å²) < 4.78 is 16.1. The van der Waals surface area contributed by atoms with Crippen LogP contribution in [-0.2, 0) is 14.3 Å².